The molecule has 0 radical (unpaired) electrons. The second-order valence-corrected chi connectivity index (χ2v) is 5.71. The highest BCUT2D eigenvalue weighted by atomic mass is 16.4. The van der Waals surface area contributed by atoms with E-state index in [4.69, 9.17) is 0 Å². The van der Waals surface area contributed by atoms with Crippen molar-refractivity contribution in [3.8, 4) is 0 Å². The molecule has 0 spiro atoms. The molecule has 0 aliphatic rings. The Labute approximate surface area is 119 Å². The van der Waals surface area contributed by atoms with E-state index in [-0.39, 0.29) is 6.04 Å². The summed E-state index contributed by atoms with van der Waals surface area (Å²) in [5.41, 5.74) is 1.87. The first kappa shape index (κ1) is 14.6. The van der Waals surface area contributed by atoms with Gasteiger partial charge in [0.2, 0.25) is 0 Å². The normalized spacial score (nSPS) is 13.1. The molecule has 0 saturated carbocycles. The van der Waals surface area contributed by atoms with E-state index in [0.29, 0.717) is 11.5 Å². The number of nitrogens with zero attached hydrogens (tertiary/aromatic N) is 2. The van der Waals surface area contributed by atoms with Gasteiger partial charge in [0.05, 0.1) is 16.6 Å². The van der Waals surface area contributed by atoms with Gasteiger partial charge in [0, 0.05) is 12.5 Å². The van der Waals surface area contributed by atoms with Gasteiger partial charge in [0.25, 0.3) is 0 Å². The second kappa shape index (κ2) is 5.65. The number of fused-ring (bicyclic) bond motifs is 1. The smallest absolute Gasteiger partial charge is 0.337 e. The molecular formula is C16H22N2O2. The number of carboxylic acid groups (broad SMARTS) is 1. The minimum absolute atomic E-state index is 0.246. The molecule has 2 aromatic rings. The molecule has 1 heterocycles. The van der Waals surface area contributed by atoms with E-state index in [0.717, 1.165) is 29.7 Å². The first-order valence-electron chi connectivity index (χ1n) is 7.18. The first-order chi connectivity index (χ1) is 9.45. The van der Waals surface area contributed by atoms with Crippen molar-refractivity contribution in [3.05, 3.63) is 29.6 Å². The third-order valence-corrected chi connectivity index (χ3v) is 3.58. The topological polar surface area (TPSA) is 55.1 Å². The van der Waals surface area contributed by atoms with Crippen LogP contribution in [0.25, 0.3) is 11.0 Å². The van der Waals surface area contributed by atoms with Crippen molar-refractivity contribution in [2.24, 2.45) is 5.92 Å². The highest BCUT2D eigenvalue weighted by Gasteiger charge is 2.20. The van der Waals surface area contributed by atoms with E-state index >= 15 is 0 Å². The Hall–Kier alpha value is -1.84. The fourth-order valence-electron chi connectivity index (χ4n) is 2.88. The van der Waals surface area contributed by atoms with Gasteiger partial charge in [-0.1, -0.05) is 26.8 Å². The molecule has 4 heteroatoms. The molecule has 4 nitrogen and oxygen atoms in total. The average Bonchev–Trinajstić information content (AvgIpc) is 2.75. The van der Waals surface area contributed by atoms with Crippen LogP contribution >= 0.6 is 0 Å². The largest absolute Gasteiger partial charge is 0.478 e. The van der Waals surface area contributed by atoms with Gasteiger partial charge in [-0.3, -0.25) is 0 Å². The van der Waals surface area contributed by atoms with Crippen molar-refractivity contribution in [2.75, 3.05) is 0 Å². The molecule has 20 heavy (non-hydrogen) atoms. The van der Waals surface area contributed by atoms with Gasteiger partial charge in [0.15, 0.2) is 0 Å². The number of imidazole rings is 1. The summed E-state index contributed by atoms with van der Waals surface area (Å²) in [5.74, 6) is 0.627. The van der Waals surface area contributed by atoms with Crippen LogP contribution in [0.2, 0.25) is 0 Å². The number of hydrogen-bond donors (Lipinski definition) is 1. The molecule has 1 N–H and O–H groups in total. The van der Waals surface area contributed by atoms with Crippen LogP contribution in [0.1, 0.15) is 56.3 Å². The van der Waals surface area contributed by atoms with E-state index < -0.39 is 5.97 Å². The summed E-state index contributed by atoms with van der Waals surface area (Å²) in [6.45, 7) is 8.55. The molecule has 1 atom stereocenters. The van der Waals surface area contributed by atoms with Gasteiger partial charge in [-0.05, 0) is 31.4 Å². The molecule has 0 saturated heterocycles. The summed E-state index contributed by atoms with van der Waals surface area (Å²) in [6.07, 6.45) is 1.81. The number of hydrogen-bond acceptors (Lipinski definition) is 2. The summed E-state index contributed by atoms with van der Waals surface area (Å²) in [5, 5.41) is 9.41. The maximum atomic E-state index is 11.5. The van der Waals surface area contributed by atoms with Gasteiger partial charge < -0.3 is 9.67 Å². The lowest BCUT2D eigenvalue weighted by Gasteiger charge is -2.19. The minimum Gasteiger partial charge on any atom is -0.478 e. The third kappa shape index (κ3) is 2.55. The van der Waals surface area contributed by atoms with E-state index in [1.54, 1.807) is 12.1 Å². The molecule has 0 fully saturated rings. The van der Waals surface area contributed by atoms with Gasteiger partial charge in [0.1, 0.15) is 5.82 Å². The Morgan fingerprint density at radius 2 is 2.05 bits per heavy atom. The predicted octanol–water partition coefficient (Wildman–Crippen LogP) is 3.90. The molecule has 0 amide bonds. The fourth-order valence-corrected chi connectivity index (χ4v) is 2.88. The fraction of sp³-hybridized carbons (Fsp3) is 0.500. The monoisotopic (exact) mass is 274 g/mol. The Morgan fingerprint density at radius 1 is 1.35 bits per heavy atom. The molecule has 1 aromatic heterocycles. The summed E-state index contributed by atoms with van der Waals surface area (Å²) in [4.78, 5) is 16.1. The van der Waals surface area contributed by atoms with Crippen LogP contribution in [0.5, 0.6) is 0 Å². The van der Waals surface area contributed by atoms with Crippen LogP contribution in [0, 0.1) is 5.92 Å². The van der Waals surface area contributed by atoms with E-state index in [1.807, 2.05) is 6.07 Å². The van der Waals surface area contributed by atoms with Crippen molar-refractivity contribution >= 4 is 17.0 Å². The Morgan fingerprint density at radius 3 is 2.60 bits per heavy atom. The van der Waals surface area contributed by atoms with E-state index in [2.05, 4.69) is 37.2 Å². The molecule has 0 bridgehead atoms. The number of benzene rings is 1. The number of rotatable bonds is 5. The van der Waals surface area contributed by atoms with Crippen LogP contribution in [-0.4, -0.2) is 20.6 Å². The number of carbonyl (C=O) groups is 1. The summed E-state index contributed by atoms with van der Waals surface area (Å²) < 4.78 is 2.11. The molecule has 1 unspecified atom stereocenters. The molecule has 0 aliphatic heterocycles. The number of aromatic carboxylic acids is 1. The lowest BCUT2D eigenvalue weighted by Crippen LogP contribution is -2.13. The lowest BCUT2D eigenvalue weighted by atomic mass is 10.0. The molecule has 108 valence electrons. The van der Waals surface area contributed by atoms with Crippen molar-refractivity contribution in [1.82, 2.24) is 9.55 Å². The van der Waals surface area contributed by atoms with Crippen LogP contribution in [0.3, 0.4) is 0 Å². The van der Waals surface area contributed by atoms with E-state index in [1.165, 1.54) is 0 Å². The number of carboxylic acids is 1. The number of aryl methyl sites for hydroxylation is 1. The Kier molecular flexibility index (Phi) is 4.12. The van der Waals surface area contributed by atoms with Crippen molar-refractivity contribution in [2.45, 2.75) is 46.6 Å². The van der Waals surface area contributed by atoms with Crippen LogP contribution in [0.15, 0.2) is 18.2 Å². The summed E-state index contributed by atoms with van der Waals surface area (Å²) in [7, 11) is 0. The zero-order valence-electron chi connectivity index (χ0n) is 12.6. The summed E-state index contributed by atoms with van der Waals surface area (Å²) >= 11 is 0. The van der Waals surface area contributed by atoms with Crippen LogP contribution < -0.4 is 0 Å². The standard InChI is InChI=1S/C16H22N2O2/c1-5-14-17-13-8-6-7-12(16(19)20)15(13)18(14)11(4)9-10(2)3/h6-8,10-11H,5,9H2,1-4H3,(H,19,20). The van der Waals surface area contributed by atoms with Crippen LogP contribution in [-0.2, 0) is 6.42 Å². The molecule has 2 rings (SSSR count). The van der Waals surface area contributed by atoms with E-state index in [9.17, 15) is 9.90 Å². The van der Waals surface area contributed by atoms with Crippen LogP contribution in [0.4, 0.5) is 0 Å². The highest BCUT2D eigenvalue weighted by Crippen LogP contribution is 2.28. The average molecular weight is 274 g/mol. The summed E-state index contributed by atoms with van der Waals surface area (Å²) in [6, 6.07) is 5.55. The van der Waals surface area contributed by atoms with Gasteiger partial charge in [-0.25, -0.2) is 9.78 Å². The zero-order valence-corrected chi connectivity index (χ0v) is 12.6. The van der Waals surface area contributed by atoms with Crippen molar-refractivity contribution in [1.29, 1.82) is 0 Å². The van der Waals surface area contributed by atoms with Gasteiger partial charge in [-0.2, -0.15) is 0 Å². The van der Waals surface area contributed by atoms with Crippen molar-refractivity contribution in [3.63, 3.8) is 0 Å². The predicted molar refractivity (Wildman–Crippen MR) is 80.2 cm³/mol. The second-order valence-electron chi connectivity index (χ2n) is 5.71. The first-order valence-corrected chi connectivity index (χ1v) is 7.18. The maximum Gasteiger partial charge on any atom is 0.337 e. The number of aromatic nitrogens is 2. The Bertz CT molecular complexity index is 629. The number of para-hydroxylation sites is 1. The SMILES string of the molecule is CCc1nc2cccc(C(=O)O)c2n1C(C)CC(C)C. The van der Waals surface area contributed by atoms with Gasteiger partial charge >= 0.3 is 5.97 Å². The lowest BCUT2D eigenvalue weighted by molar-refractivity contribution is 0.0698. The maximum absolute atomic E-state index is 11.5. The molecule has 1 aromatic carbocycles. The highest BCUT2D eigenvalue weighted by molar-refractivity contribution is 6.01. The molecular weight excluding hydrogens is 252 g/mol. The molecule has 0 aliphatic carbocycles. The Balaban J connectivity index is 2.69. The quantitative estimate of drug-likeness (QED) is 0.899. The van der Waals surface area contributed by atoms with Gasteiger partial charge in [-0.15, -0.1) is 0 Å². The third-order valence-electron chi connectivity index (χ3n) is 3.58. The zero-order chi connectivity index (χ0) is 14.9. The minimum atomic E-state index is -0.892. The van der Waals surface area contributed by atoms with Crippen molar-refractivity contribution < 1.29 is 9.90 Å².